The van der Waals surface area contributed by atoms with Crippen LogP contribution in [0.15, 0.2) is 35.7 Å². The Balaban J connectivity index is 1.98. The van der Waals surface area contributed by atoms with Crippen LogP contribution >= 0.6 is 11.5 Å². The van der Waals surface area contributed by atoms with Crippen LogP contribution in [0.1, 0.15) is 12.8 Å². The summed E-state index contributed by atoms with van der Waals surface area (Å²) in [6.07, 6.45) is -0.0135. The van der Waals surface area contributed by atoms with Gasteiger partial charge in [0.1, 0.15) is 5.75 Å². The van der Waals surface area contributed by atoms with Crippen LogP contribution in [0.5, 0.6) is 23.0 Å². The van der Waals surface area contributed by atoms with E-state index in [0.29, 0.717) is 34.4 Å². The Bertz CT molecular complexity index is 1190. The molecule has 0 fully saturated rings. The van der Waals surface area contributed by atoms with Gasteiger partial charge in [0, 0.05) is 22.9 Å². The van der Waals surface area contributed by atoms with Crippen molar-refractivity contribution in [1.82, 2.24) is 4.37 Å². The number of nitrogens with one attached hydrogen (secondary N) is 1. The lowest BCUT2D eigenvalue weighted by molar-refractivity contribution is -0.403. The molecule has 1 heterocycles. The third-order valence-corrected chi connectivity index (χ3v) is 5.98. The van der Waals surface area contributed by atoms with Gasteiger partial charge in [0.15, 0.2) is 17.5 Å². The lowest BCUT2D eigenvalue weighted by Crippen LogP contribution is -2.66. The molecule has 0 saturated heterocycles. The summed E-state index contributed by atoms with van der Waals surface area (Å²) in [5.74, 6) is 0.587. The predicted molar refractivity (Wildman–Crippen MR) is 131 cm³/mol. The molecule has 1 atom stereocenters. The number of carbonyl (C=O) groups is 2. The van der Waals surface area contributed by atoms with E-state index in [4.69, 9.17) is 24.1 Å². The van der Waals surface area contributed by atoms with Crippen LogP contribution in [0.3, 0.4) is 0 Å². The smallest absolute Gasteiger partial charge is 0.303 e. The zero-order valence-electron chi connectivity index (χ0n) is 19.9. The number of hydrogen-bond donors (Lipinski definition) is 3. The van der Waals surface area contributed by atoms with Crippen molar-refractivity contribution in [2.75, 3.05) is 33.8 Å². The molecule has 0 aliphatic rings. The number of carbonyl (C=O) groups excluding carboxylic acids is 1. The van der Waals surface area contributed by atoms with Crippen LogP contribution in [-0.2, 0) is 9.59 Å². The van der Waals surface area contributed by atoms with Gasteiger partial charge in [-0.1, -0.05) is 6.07 Å². The number of aromatic nitrogens is 1. The summed E-state index contributed by atoms with van der Waals surface area (Å²) >= 11 is 1.29. The lowest BCUT2D eigenvalue weighted by atomic mass is 10.0. The van der Waals surface area contributed by atoms with Gasteiger partial charge >= 0.3 is 5.97 Å². The highest BCUT2D eigenvalue weighted by Crippen LogP contribution is 2.44. The third-order valence-electron chi connectivity index (χ3n) is 5.35. The van der Waals surface area contributed by atoms with Crippen LogP contribution in [-0.4, -0.2) is 55.8 Å². The summed E-state index contributed by atoms with van der Waals surface area (Å²) in [5, 5.41) is 13.6. The average molecular weight is 503 g/mol. The number of amides is 1. The molecule has 35 heavy (non-hydrogen) atoms. The van der Waals surface area contributed by atoms with Crippen LogP contribution in [0.4, 0.5) is 5.69 Å². The molecule has 1 aromatic heterocycles. The molecule has 0 bridgehead atoms. The van der Waals surface area contributed by atoms with Gasteiger partial charge in [0.05, 0.1) is 46.2 Å². The topological polar surface area (TPSA) is 144 Å². The van der Waals surface area contributed by atoms with Gasteiger partial charge in [-0.05, 0) is 41.4 Å². The van der Waals surface area contributed by atoms with Crippen molar-refractivity contribution in [3.05, 3.63) is 35.7 Å². The van der Waals surface area contributed by atoms with Gasteiger partial charge in [-0.15, -0.1) is 0 Å². The maximum absolute atomic E-state index is 12.6. The van der Waals surface area contributed by atoms with Crippen LogP contribution in [0.2, 0.25) is 0 Å². The number of aliphatic carboxylic acids is 1. The zero-order chi connectivity index (χ0) is 25.5. The van der Waals surface area contributed by atoms with E-state index in [0.717, 1.165) is 16.7 Å². The Morgan fingerprint density at radius 1 is 1.00 bits per heavy atom. The van der Waals surface area contributed by atoms with E-state index in [2.05, 4.69) is 15.4 Å². The molecule has 3 rings (SSSR count). The second kappa shape index (κ2) is 11.5. The molecule has 0 unspecified atom stereocenters. The predicted octanol–water partition coefficient (Wildman–Crippen LogP) is 2.93. The standard InChI is InChI=1S/C24H27N3O7S/c1-31-18-7-5-13(9-17(18)26-24(30)16(25)6-8-21(28)29)15-12-35-27-22(15)14-10-19(32-2)23(34-4)20(11-14)33-3/h5,7,9-12,16H,6,8,25H2,1-4H3,(H,26,30)(H,28,29)/p+1/t16-/m0/s1. The van der Waals surface area contributed by atoms with Crippen molar-refractivity contribution in [2.45, 2.75) is 18.9 Å². The van der Waals surface area contributed by atoms with E-state index in [-0.39, 0.29) is 12.8 Å². The highest BCUT2D eigenvalue weighted by atomic mass is 32.1. The van der Waals surface area contributed by atoms with Crippen molar-refractivity contribution in [3.8, 4) is 45.4 Å². The fourth-order valence-corrected chi connectivity index (χ4v) is 4.22. The van der Waals surface area contributed by atoms with Crippen LogP contribution in [0, 0.1) is 0 Å². The van der Waals surface area contributed by atoms with E-state index in [1.165, 1.54) is 18.6 Å². The summed E-state index contributed by atoms with van der Waals surface area (Å²) in [6.45, 7) is 0. The van der Waals surface area contributed by atoms with Crippen LogP contribution < -0.4 is 30.0 Å². The van der Waals surface area contributed by atoms with E-state index in [9.17, 15) is 9.59 Å². The maximum Gasteiger partial charge on any atom is 0.303 e. The Morgan fingerprint density at radius 3 is 2.23 bits per heavy atom. The highest BCUT2D eigenvalue weighted by Gasteiger charge is 2.22. The molecule has 0 spiro atoms. The number of benzene rings is 2. The Hall–Kier alpha value is -3.83. The Labute approximate surface area is 206 Å². The molecule has 0 radical (unpaired) electrons. The normalized spacial score (nSPS) is 11.5. The number of nitrogens with zero attached hydrogens (tertiary/aromatic N) is 1. The summed E-state index contributed by atoms with van der Waals surface area (Å²) < 4.78 is 26.4. The second-order valence-electron chi connectivity index (χ2n) is 7.52. The third kappa shape index (κ3) is 5.81. The number of rotatable bonds is 11. The molecule has 2 aromatic carbocycles. The van der Waals surface area contributed by atoms with Crippen molar-refractivity contribution in [2.24, 2.45) is 0 Å². The summed E-state index contributed by atoms with van der Waals surface area (Å²) in [7, 11) is 6.14. The van der Waals surface area contributed by atoms with Gasteiger partial charge in [0.2, 0.25) is 5.75 Å². The van der Waals surface area contributed by atoms with Gasteiger partial charge in [0.25, 0.3) is 5.91 Å². The molecule has 5 N–H and O–H groups in total. The van der Waals surface area contributed by atoms with Gasteiger partial charge in [-0.25, -0.2) is 0 Å². The molecule has 0 aliphatic carbocycles. The minimum absolute atomic E-state index is 0.128. The van der Waals surface area contributed by atoms with Crippen molar-refractivity contribution in [3.63, 3.8) is 0 Å². The largest absolute Gasteiger partial charge is 0.495 e. The SMILES string of the molecule is COc1ccc(-c2csnc2-c2cc(OC)c(OC)c(OC)c2)cc1NC(=O)[C@@H]([NH3+])CCC(=O)O. The second-order valence-corrected chi connectivity index (χ2v) is 8.15. The van der Waals surface area contributed by atoms with Gasteiger partial charge < -0.3 is 35.1 Å². The Kier molecular flexibility index (Phi) is 8.50. The summed E-state index contributed by atoms with van der Waals surface area (Å²) in [5.41, 5.74) is 7.32. The molecule has 10 nitrogen and oxygen atoms in total. The molecule has 0 aliphatic heterocycles. The first-order valence-corrected chi connectivity index (χ1v) is 11.4. The monoisotopic (exact) mass is 502 g/mol. The summed E-state index contributed by atoms with van der Waals surface area (Å²) in [4.78, 5) is 23.4. The number of carboxylic acids is 1. The van der Waals surface area contributed by atoms with Crippen molar-refractivity contribution in [1.29, 1.82) is 0 Å². The number of hydrogen-bond acceptors (Lipinski definition) is 8. The quantitative estimate of drug-likeness (QED) is 0.363. The fraction of sp³-hybridized carbons (Fsp3) is 0.292. The summed E-state index contributed by atoms with van der Waals surface area (Å²) in [6, 6.07) is 8.32. The molecule has 0 saturated carbocycles. The fourth-order valence-electron chi connectivity index (χ4n) is 3.50. The average Bonchev–Trinajstić information content (AvgIpc) is 3.36. The van der Waals surface area contributed by atoms with Crippen molar-refractivity contribution >= 4 is 29.1 Å². The molecule has 186 valence electrons. The first-order chi connectivity index (χ1) is 16.8. The lowest BCUT2D eigenvalue weighted by Gasteiger charge is -2.15. The first-order valence-electron chi connectivity index (χ1n) is 10.6. The van der Waals surface area contributed by atoms with E-state index in [1.54, 1.807) is 33.5 Å². The van der Waals surface area contributed by atoms with Gasteiger partial charge in [-0.3, -0.25) is 9.59 Å². The maximum atomic E-state index is 12.6. The number of ether oxygens (including phenoxy) is 4. The minimum Gasteiger partial charge on any atom is -0.495 e. The van der Waals surface area contributed by atoms with E-state index < -0.39 is 17.9 Å². The number of quaternary nitrogens is 1. The zero-order valence-corrected chi connectivity index (χ0v) is 20.7. The first kappa shape index (κ1) is 25.8. The van der Waals surface area contributed by atoms with Crippen molar-refractivity contribution < 1.29 is 39.4 Å². The molecule has 1 amide bonds. The van der Waals surface area contributed by atoms with Crippen LogP contribution in [0.25, 0.3) is 22.4 Å². The molecular formula is C24H28N3O7S+. The van der Waals surface area contributed by atoms with E-state index >= 15 is 0 Å². The van der Waals surface area contributed by atoms with Gasteiger partial charge in [-0.2, -0.15) is 4.37 Å². The Morgan fingerprint density at radius 2 is 1.66 bits per heavy atom. The molecular weight excluding hydrogens is 474 g/mol. The number of anilines is 1. The highest BCUT2D eigenvalue weighted by molar-refractivity contribution is 7.04. The number of methoxy groups -OCH3 is 4. The molecule has 11 heteroatoms. The number of carboxylic acid groups (broad SMARTS) is 1. The molecule has 3 aromatic rings. The minimum atomic E-state index is -0.977. The van der Waals surface area contributed by atoms with E-state index in [1.807, 2.05) is 23.6 Å².